The molecule has 21 heavy (non-hydrogen) atoms. The predicted molar refractivity (Wildman–Crippen MR) is 75.5 cm³/mol. The zero-order valence-corrected chi connectivity index (χ0v) is 13.1. The number of methoxy groups -OCH3 is 2. The first-order valence-corrected chi connectivity index (χ1v) is 8.50. The van der Waals surface area contributed by atoms with Crippen LogP contribution >= 0.6 is 0 Å². The lowest BCUT2D eigenvalue weighted by Crippen LogP contribution is -2.48. The Hall–Kier alpha value is -1.19. The SMILES string of the molecule is COCCN(CCOC)C(=O)C(=O)NC1CCS(=O)(=O)C1. The van der Waals surface area contributed by atoms with Crippen LogP contribution in [0.15, 0.2) is 0 Å². The van der Waals surface area contributed by atoms with E-state index in [0.717, 1.165) is 0 Å². The molecule has 2 amide bonds. The van der Waals surface area contributed by atoms with Crippen molar-refractivity contribution in [3.05, 3.63) is 0 Å². The molecule has 1 aliphatic heterocycles. The van der Waals surface area contributed by atoms with Crippen LogP contribution in [0.5, 0.6) is 0 Å². The van der Waals surface area contributed by atoms with Crippen molar-refractivity contribution in [2.45, 2.75) is 12.5 Å². The summed E-state index contributed by atoms with van der Waals surface area (Å²) in [6.07, 6.45) is 0.345. The maximum Gasteiger partial charge on any atom is 0.312 e. The van der Waals surface area contributed by atoms with Gasteiger partial charge in [-0.2, -0.15) is 0 Å². The summed E-state index contributed by atoms with van der Waals surface area (Å²) in [5.41, 5.74) is 0. The molecule has 0 bridgehead atoms. The fourth-order valence-electron chi connectivity index (χ4n) is 2.02. The first kappa shape index (κ1) is 17.9. The summed E-state index contributed by atoms with van der Waals surface area (Å²) in [6.45, 7) is 1.16. The second kappa shape index (κ2) is 8.30. The van der Waals surface area contributed by atoms with Crippen molar-refractivity contribution in [2.75, 3.05) is 52.0 Å². The van der Waals surface area contributed by atoms with E-state index in [-0.39, 0.29) is 24.6 Å². The highest BCUT2D eigenvalue weighted by Crippen LogP contribution is 2.11. The van der Waals surface area contributed by atoms with Crippen molar-refractivity contribution in [3.8, 4) is 0 Å². The van der Waals surface area contributed by atoms with Crippen LogP contribution in [0.4, 0.5) is 0 Å². The zero-order chi connectivity index (χ0) is 15.9. The summed E-state index contributed by atoms with van der Waals surface area (Å²) in [4.78, 5) is 25.3. The average Bonchev–Trinajstić information content (AvgIpc) is 2.77. The molecule has 9 heteroatoms. The van der Waals surface area contributed by atoms with Crippen LogP contribution < -0.4 is 5.32 Å². The molecule has 0 spiro atoms. The Morgan fingerprint density at radius 3 is 2.19 bits per heavy atom. The van der Waals surface area contributed by atoms with E-state index in [2.05, 4.69) is 5.32 Å². The summed E-state index contributed by atoms with van der Waals surface area (Å²) in [5, 5.41) is 2.48. The van der Waals surface area contributed by atoms with Crippen LogP contribution in [0.3, 0.4) is 0 Å². The van der Waals surface area contributed by atoms with Gasteiger partial charge in [0.05, 0.1) is 24.7 Å². The molecule has 8 nitrogen and oxygen atoms in total. The minimum Gasteiger partial charge on any atom is -0.383 e. The predicted octanol–water partition coefficient (Wildman–Crippen LogP) is -1.59. The van der Waals surface area contributed by atoms with Crippen LogP contribution in [-0.2, 0) is 28.9 Å². The highest BCUT2D eigenvalue weighted by atomic mass is 32.2. The van der Waals surface area contributed by atoms with E-state index in [0.29, 0.717) is 19.6 Å². The second-order valence-electron chi connectivity index (χ2n) is 4.85. The summed E-state index contributed by atoms with van der Waals surface area (Å²) in [6, 6.07) is -0.488. The number of sulfone groups is 1. The molecule has 1 fully saturated rings. The third-order valence-corrected chi connectivity index (χ3v) is 4.95. The first-order chi connectivity index (χ1) is 9.89. The molecule has 1 unspecified atom stereocenters. The van der Waals surface area contributed by atoms with E-state index in [9.17, 15) is 18.0 Å². The van der Waals surface area contributed by atoms with E-state index in [1.165, 1.54) is 19.1 Å². The van der Waals surface area contributed by atoms with Crippen molar-refractivity contribution in [2.24, 2.45) is 0 Å². The van der Waals surface area contributed by atoms with Crippen molar-refractivity contribution < 1.29 is 27.5 Å². The summed E-state index contributed by atoms with van der Waals surface area (Å²) in [5.74, 6) is -1.55. The smallest absolute Gasteiger partial charge is 0.312 e. The molecule has 1 aliphatic rings. The molecule has 1 saturated heterocycles. The van der Waals surface area contributed by atoms with E-state index < -0.39 is 27.7 Å². The fourth-order valence-corrected chi connectivity index (χ4v) is 3.69. The van der Waals surface area contributed by atoms with Gasteiger partial charge in [-0.3, -0.25) is 9.59 Å². The number of hydrogen-bond acceptors (Lipinski definition) is 6. The Labute approximate surface area is 124 Å². The standard InChI is InChI=1S/C12H22N2O6S/c1-19-6-4-14(5-7-20-2)12(16)11(15)13-10-3-8-21(17,18)9-10/h10H,3-9H2,1-2H3,(H,13,15). The van der Waals surface area contributed by atoms with Gasteiger partial charge >= 0.3 is 11.8 Å². The monoisotopic (exact) mass is 322 g/mol. The Morgan fingerprint density at radius 1 is 1.19 bits per heavy atom. The Bertz CT molecular complexity index is 456. The van der Waals surface area contributed by atoms with Crippen LogP contribution in [0.1, 0.15) is 6.42 Å². The molecular weight excluding hydrogens is 300 g/mol. The molecule has 0 aromatic carbocycles. The van der Waals surface area contributed by atoms with Crippen molar-refractivity contribution in [1.82, 2.24) is 10.2 Å². The number of amides is 2. The molecule has 0 saturated carbocycles. The van der Waals surface area contributed by atoms with Gasteiger partial charge in [0.15, 0.2) is 9.84 Å². The van der Waals surface area contributed by atoms with E-state index in [1.807, 2.05) is 0 Å². The summed E-state index contributed by atoms with van der Waals surface area (Å²) < 4.78 is 32.5. The van der Waals surface area contributed by atoms with Crippen LogP contribution in [0.2, 0.25) is 0 Å². The van der Waals surface area contributed by atoms with E-state index in [1.54, 1.807) is 0 Å². The molecule has 0 aromatic rings. The van der Waals surface area contributed by atoms with Crippen LogP contribution in [0, 0.1) is 0 Å². The zero-order valence-electron chi connectivity index (χ0n) is 12.3. The largest absolute Gasteiger partial charge is 0.383 e. The van der Waals surface area contributed by atoms with Gasteiger partial charge < -0.3 is 19.7 Å². The lowest BCUT2D eigenvalue weighted by atomic mass is 10.2. The number of nitrogens with zero attached hydrogens (tertiary/aromatic N) is 1. The third kappa shape index (κ3) is 5.98. The first-order valence-electron chi connectivity index (χ1n) is 6.67. The molecular formula is C12H22N2O6S. The number of carbonyl (C=O) groups excluding carboxylic acids is 2. The average molecular weight is 322 g/mol. The topological polar surface area (TPSA) is 102 Å². The minimum absolute atomic E-state index is 0.0448. The normalized spacial score (nSPS) is 20.2. The Balaban J connectivity index is 2.54. The number of carbonyl (C=O) groups is 2. The third-order valence-electron chi connectivity index (χ3n) is 3.18. The van der Waals surface area contributed by atoms with Crippen LogP contribution in [0.25, 0.3) is 0 Å². The fraction of sp³-hybridized carbons (Fsp3) is 0.833. The Kier molecular flexibility index (Phi) is 7.06. The lowest BCUT2D eigenvalue weighted by molar-refractivity contribution is -0.147. The molecule has 1 heterocycles. The second-order valence-corrected chi connectivity index (χ2v) is 7.08. The van der Waals surface area contributed by atoms with Gasteiger partial charge in [-0.15, -0.1) is 0 Å². The van der Waals surface area contributed by atoms with Gasteiger partial charge in [0.2, 0.25) is 0 Å². The maximum absolute atomic E-state index is 12.1. The van der Waals surface area contributed by atoms with Gasteiger partial charge in [0.25, 0.3) is 0 Å². The number of rotatable bonds is 7. The summed E-state index contributed by atoms with van der Waals surface area (Å²) in [7, 11) is -0.0902. The molecule has 0 radical (unpaired) electrons. The van der Waals surface area contributed by atoms with Gasteiger partial charge in [-0.05, 0) is 6.42 Å². The van der Waals surface area contributed by atoms with Gasteiger partial charge in [-0.25, -0.2) is 8.42 Å². The quantitative estimate of drug-likeness (QED) is 0.567. The molecule has 0 aromatic heterocycles. The van der Waals surface area contributed by atoms with Crippen molar-refractivity contribution in [3.63, 3.8) is 0 Å². The molecule has 1 rings (SSSR count). The molecule has 0 aliphatic carbocycles. The van der Waals surface area contributed by atoms with E-state index in [4.69, 9.17) is 9.47 Å². The maximum atomic E-state index is 12.1. The minimum atomic E-state index is -3.10. The van der Waals surface area contributed by atoms with Gasteiger partial charge in [-0.1, -0.05) is 0 Å². The molecule has 122 valence electrons. The van der Waals surface area contributed by atoms with Gasteiger partial charge in [0.1, 0.15) is 0 Å². The van der Waals surface area contributed by atoms with E-state index >= 15 is 0 Å². The highest BCUT2D eigenvalue weighted by Gasteiger charge is 2.31. The number of nitrogens with one attached hydrogen (secondary N) is 1. The summed E-state index contributed by atoms with van der Waals surface area (Å²) >= 11 is 0. The van der Waals surface area contributed by atoms with Crippen molar-refractivity contribution >= 4 is 21.7 Å². The Morgan fingerprint density at radius 2 is 1.76 bits per heavy atom. The number of hydrogen-bond donors (Lipinski definition) is 1. The molecule has 1 atom stereocenters. The van der Waals surface area contributed by atoms with Crippen LogP contribution in [-0.4, -0.2) is 83.2 Å². The van der Waals surface area contributed by atoms with Crippen molar-refractivity contribution in [1.29, 1.82) is 0 Å². The molecule has 1 N–H and O–H groups in total. The number of ether oxygens (including phenoxy) is 2. The van der Waals surface area contributed by atoms with Gasteiger partial charge in [0, 0.05) is 33.4 Å². The highest BCUT2D eigenvalue weighted by molar-refractivity contribution is 7.91. The lowest BCUT2D eigenvalue weighted by Gasteiger charge is -2.22.